The van der Waals surface area contributed by atoms with Crippen molar-refractivity contribution in [1.82, 2.24) is 0 Å². The number of ether oxygens (including phenoxy) is 4. The third kappa shape index (κ3) is 11.7. The summed E-state index contributed by atoms with van der Waals surface area (Å²) in [5.74, 6) is -0.0487. The zero-order valence-electron chi connectivity index (χ0n) is 12.1. The molecule has 6 nitrogen and oxygen atoms in total. The molecular formula is C13H25NO5. The first-order valence-electron chi connectivity index (χ1n) is 6.60. The van der Waals surface area contributed by atoms with E-state index in [9.17, 15) is 4.79 Å². The van der Waals surface area contributed by atoms with Gasteiger partial charge in [-0.1, -0.05) is 20.8 Å². The molecule has 0 aliphatic heterocycles. The highest BCUT2D eigenvalue weighted by Crippen LogP contribution is 1.95. The highest BCUT2D eigenvalue weighted by molar-refractivity contribution is 5.72. The second-order valence-corrected chi connectivity index (χ2v) is 4.17. The van der Waals surface area contributed by atoms with Gasteiger partial charge in [-0.2, -0.15) is 0 Å². The fourth-order valence-electron chi connectivity index (χ4n) is 1.02. The number of rotatable bonds is 11. The van der Waals surface area contributed by atoms with Crippen LogP contribution >= 0.6 is 0 Å². The number of hydrogen-bond acceptors (Lipinski definition) is 6. The summed E-state index contributed by atoms with van der Waals surface area (Å²) >= 11 is 0. The number of carbonyl (C=O) groups is 1. The van der Waals surface area contributed by atoms with E-state index in [4.69, 9.17) is 24.4 Å². The van der Waals surface area contributed by atoms with E-state index in [1.807, 2.05) is 6.92 Å². The van der Waals surface area contributed by atoms with Crippen molar-refractivity contribution in [1.29, 1.82) is 5.41 Å². The zero-order chi connectivity index (χ0) is 14.5. The molecule has 0 aliphatic rings. The second kappa shape index (κ2) is 11.9. The van der Waals surface area contributed by atoms with Gasteiger partial charge in [-0.25, -0.2) is 0 Å². The van der Waals surface area contributed by atoms with Gasteiger partial charge in [0.15, 0.2) is 5.90 Å². The largest absolute Gasteiger partial charge is 0.479 e. The predicted octanol–water partition coefficient (Wildman–Crippen LogP) is 1.62. The summed E-state index contributed by atoms with van der Waals surface area (Å²) in [5.41, 5.74) is 0. The van der Waals surface area contributed by atoms with Crippen molar-refractivity contribution >= 4 is 11.9 Å². The molecule has 0 heterocycles. The van der Waals surface area contributed by atoms with Crippen LogP contribution in [-0.2, 0) is 23.7 Å². The van der Waals surface area contributed by atoms with Gasteiger partial charge in [0, 0.05) is 6.42 Å². The van der Waals surface area contributed by atoms with Crippen molar-refractivity contribution < 1.29 is 23.7 Å². The number of nitrogens with one attached hydrogen (secondary N) is 1. The summed E-state index contributed by atoms with van der Waals surface area (Å²) < 4.78 is 20.5. The Morgan fingerprint density at radius 2 is 1.42 bits per heavy atom. The van der Waals surface area contributed by atoms with Crippen molar-refractivity contribution in [3.05, 3.63) is 0 Å². The Morgan fingerprint density at radius 1 is 0.947 bits per heavy atom. The van der Waals surface area contributed by atoms with Gasteiger partial charge in [0.2, 0.25) is 0 Å². The normalized spacial score (nSPS) is 10.5. The van der Waals surface area contributed by atoms with Crippen LogP contribution in [0.1, 0.15) is 27.2 Å². The van der Waals surface area contributed by atoms with Crippen molar-refractivity contribution in [2.24, 2.45) is 5.92 Å². The van der Waals surface area contributed by atoms with E-state index in [0.717, 1.165) is 0 Å². The third-order valence-corrected chi connectivity index (χ3v) is 2.14. The zero-order valence-corrected chi connectivity index (χ0v) is 12.1. The minimum absolute atomic E-state index is 0.106. The van der Waals surface area contributed by atoms with Crippen LogP contribution in [0.4, 0.5) is 0 Å². The fourth-order valence-corrected chi connectivity index (χ4v) is 1.02. The van der Waals surface area contributed by atoms with Gasteiger partial charge in [0.1, 0.15) is 13.2 Å². The van der Waals surface area contributed by atoms with E-state index in [1.54, 1.807) is 13.8 Å². The standard InChI is InChI=1S/C13H25NO5/c1-4-12(14)18-9-7-16-5-6-17-8-10-19-13(15)11(2)3/h11,14H,4-10H2,1-3H3. The lowest BCUT2D eigenvalue weighted by atomic mass is 10.2. The van der Waals surface area contributed by atoms with E-state index < -0.39 is 0 Å². The van der Waals surface area contributed by atoms with E-state index >= 15 is 0 Å². The molecule has 0 unspecified atom stereocenters. The smallest absolute Gasteiger partial charge is 0.308 e. The SMILES string of the molecule is CCC(=N)OCCOCCOCCOC(=O)C(C)C. The van der Waals surface area contributed by atoms with Gasteiger partial charge >= 0.3 is 5.97 Å². The maximum absolute atomic E-state index is 11.1. The van der Waals surface area contributed by atoms with Gasteiger partial charge in [0.05, 0.1) is 32.3 Å². The average molecular weight is 275 g/mol. The summed E-state index contributed by atoms with van der Waals surface area (Å²) in [7, 11) is 0. The molecule has 0 fully saturated rings. The van der Waals surface area contributed by atoms with Crippen LogP contribution in [0.15, 0.2) is 0 Å². The molecule has 19 heavy (non-hydrogen) atoms. The van der Waals surface area contributed by atoms with Crippen LogP contribution in [0.3, 0.4) is 0 Å². The number of hydrogen-bond donors (Lipinski definition) is 1. The molecule has 0 rings (SSSR count). The lowest BCUT2D eigenvalue weighted by Gasteiger charge is -2.08. The van der Waals surface area contributed by atoms with E-state index in [0.29, 0.717) is 39.5 Å². The van der Waals surface area contributed by atoms with Gasteiger partial charge in [-0.3, -0.25) is 10.2 Å². The van der Waals surface area contributed by atoms with Crippen LogP contribution in [0.2, 0.25) is 0 Å². The lowest BCUT2D eigenvalue weighted by molar-refractivity contribution is -0.149. The molecule has 0 aromatic carbocycles. The molecule has 0 saturated carbocycles. The lowest BCUT2D eigenvalue weighted by Crippen LogP contribution is -2.17. The number of carbonyl (C=O) groups excluding carboxylic acids is 1. The molecule has 0 aromatic heterocycles. The van der Waals surface area contributed by atoms with Crippen molar-refractivity contribution in [2.45, 2.75) is 27.2 Å². The summed E-state index contributed by atoms with van der Waals surface area (Å²) in [4.78, 5) is 11.1. The molecule has 0 amide bonds. The first-order valence-corrected chi connectivity index (χ1v) is 6.60. The molecule has 1 N–H and O–H groups in total. The van der Waals surface area contributed by atoms with E-state index in [1.165, 1.54) is 0 Å². The van der Waals surface area contributed by atoms with Gasteiger partial charge in [0.25, 0.3) is 0 Å². The molecule has 0 radical (unpaired) electrons. The molecule has 0 atom stereocenters. The maximum atomic E-state index is 11.1. The Labute approximate surface area is 114 Å². The Balaban J connectivity index is 3.15. The first kappa shape index (κ1) is 17.9. The summed E-state index contributed by atoms with van der Waals surface area (Å²) in [6, 6.07) is 0. The monoisotopic (exact) mass is 275 g/mol. The van der Waals surface area contributed by atoms with Crippen LogP contribution in [0.5, 0.6) is 0 Å². The first-order chi connectivity index (χ1) is 9.07. The molecule has 0 saturated heterocycles. The summed E-state index contributed by atoms with van der Waals surface area (Å²) in [6.45, 7) is 7.82. The summed E-state index contributed by atoms with van der Waals surface area (Å²) in [6.07, 6.45) is 0.595. The molecule has 112 valence electrons. The van der Waals surface area contributed by atoms with Gasteiger partial charge in [-0.05, 0) is 0 Å². The van der Waals surface area contributed by atoms with E-state index in [-0.39, 0.29) is 24.4 Å². The second-order valence-electron chi connectivity index (χ2n) is 4.17. The molecule has 0 spiro atoms. The molecule has 0 aliphatic carbocycles. The summed E-state index contributed by atoms with van der Waals surface area (Å²) in [5, 5.41) is 7.25. The minimum Gasteiger partial charge on any atom is -0.479 e. The van der Waals surface area contributed by atoms with Crippen LogP contribution in [0, 0.1) is 11.3 Å². The Bertz CT molecular complexity index is 255. The highest BCUT2D eigenvalue weighted by Gasteiger charge is 2.06. The molecule has 0 aromatic rings. The average Bonchev–Trinajstić information content (AvgIpc) is 2.39. The van der Waals surface area contributed by atoms with Crippen LogP contribution in [-0.4, -0.2) is 51.5 Å². The minimum atomic E-state index is -0.213. The van der Waals surface area contributed by atoms with Gasteiger partial charge < -0.3 is 18.9 Å². The van der Waals surface area contributed by atoms with Crippen LogP contribution in [0.25, 0.3) is 0 Å². The molecule has 0 bridgehead atoms. The topological polar surface area (TPSA) is 77.8 Å². The number of esters is 1. The van der Waals surface area contributed by atoms with Crippen molar-refractivity contribution in [3.8, 4) is 0 Å². The van der Waals surface area contributed by atoms with Crippen molar-refractivity contribution in [3.63, 3.8) is 0 Å². The predicted molar refractivity (Wildman–Crippen MR) is 71.4 cm³/mol. The van der Waals surface area contributed by atoms with E-state index in [2.05, 4.69) is 0 Å². The highest BCUT2D eigenvalue weighted by atomic mass is 16.6. The van der Waals surface area contributed by atoms with Crippen LogP contribution < -0.4 is 0 Å². The molecule has 6 heteroatoms. The maximum Gasteiger partial charge on any atom is 0.308 e. The Kier molecular flexibility index (Phi) is 11.2. The molecular weight excluding hydrogens is 250 g/mol. The third-order valence-electron chi connectivity index (χ3n) is 2.14. The van der Waals surface area contributed by atoms with Gasteiger partial charge in [-0.15, -0.1) is 0 Å². The fraction of sp³-hybridized carbons (Fsp3) is 0.846. The Morgan fingerprint density at radius 3 is 1.89 bits per heavy atom. The quantitative estimate of drug-likeness (QED) is 0.268. The van der Waals surface area contributed by atoms with Crippen molar-refractivity contribution in [2.75, 3.05) is 39.6 Å². The Hall–Kier alpha value is -1.14.